The van der Waals surface area contributed by atoms with Crippen molar-refractivity contribution in [3.63, 3.8) is 0 Å². The van der Waals surface area contributed by atoms with E-state index in [1.807, 2.05) is 0 Å². The Labute approximate surface area is 165 Å². The number of carbonyl (C=O) groups excluding carboxylic acids is 2. The van der Waals surface area contributed by atoms with E-state index in [4.69, 9.17) is 9.47 Å². The molecular formula is C20H29N3O5. The third kappa shape index (κ3) is 3.78. The van der Waals surface area contributed by atoms with E-state index in [0.29, 0.717) is 37.2 Å². The highest BCUT2D eigenvalue weighted by Gasteiger charge is 2.38. The first-order valence-corrected chi connectivity index (χ1v) is 9.93. The van der Waals surface area contributed by atoms with E-state index in [2.05, 4.69) is 11.8 Å². The number of hydrogen-bond acceptors (Lipinski definition) is 6. The molecule has 0 bridgehead atoms. The highest BCUT2D eigenvalue weighted by molar-refractivity contribution is 6.00. The predicted octanol–water partition coefficient (Wildman–Crippen LogP) is 0.903. The standard InChI is InChI=1S/C20H29N3O5/c1-4-8-21-10-7-14-18(16(27-2)13-17(24)22(14)12-11-21)19(25)23-9-5-6-15(23)20(26)28-3/h13,15H,4-12H2,1-3H3/t15-/m0/s1. The van der Waals surface area contributed by atoms with Crippen LogP contribution < -0.4 is 10.3 Å². The minimum atomic E-state index is -0.586. The van der Waals surface area contributed by atoms with Gasteiger partial charge in [0.25, 0.3) is 11.5 Å². The Morgan fingerprint density at radius 2 is 1.96 bits per heavy atom. The maximum absolute atomic E-state index is 13.5. The number of esters is 1. The molecule has 0 saturated carbocycles. The van der Waals surface area contributed by atoms with Gasteiger partial charge in [-0.25, -0.2) is 4.79 Å². The number of nitrogens with zero attached hydrogens (tertiary/aromatic N) is 3. The third-order valence-corrected chi connectivity index (χ3v) is 5.65. The summed E-state index contributed by atoms with van der Waals surface area (Å²) >= 11 is 0. The first-order chi connectivity index (χ1) is 13.5. The number of hydrogen-bond donors (Lipinski definition) is 0. The average Bonchev–Trinajstić information content (AvgIpc) is 3.09. The highest BCUT2D eigenvalue weighted by atomic mass is 16.5. The smallest absolute Gasteiger partial charge is 0.328 e. The molecule has 2 aliphatic heterocycles. The van der Waals surface area contributed by atoms with Gasteiger partial charge in [0.2, 0.25) is 0 Å². The number of aromatic nitrogens is 1. The average molecular weight is 391 g/mol. The van der Waals surface area contributed by atoms with Gasteiger partial charge < -0.3 is 23.8 Å². The number of fused-ring (bicyclic) bond motifs is 1. The third-order valence-electron chi connectivity index (χ3n) is 5.65. The van der Waals surface area contributed by atoms with Crippen molar-refractivity contribution in [2.45, 2.75) is 45.2 Å². The van der Waals surface area contributed by atoms with Crippen LogP contribution in [-0.4, -0.2) is 72.7 Å². The van der Waals surface area contributed by atoms with Gasteiger partial charge in [-0.05, 0) is 25.8 Å². The Morgan fingerprint density at radius 3 is 2.64 bits per heavy atom. The van der Waals surface area contributed by atoms with Gasteiger partial charge in [-0.1, -0.05) is 6.92 Å². The second-order valence-electron chi connectivity index (χ2n) is 7.30. The number of amides is 1. The van der Waals surface area contributed by atoms with Crippen molar-refractivity contribution in [2.75, 3.05) is 40.4 Å². The van der Waals surface area contributed by atoms with Gasteiger partial charge >= 0.3 is 5.97 Å². The van der Waals surface area contributed by atoms with Gasteiger partial charge in [0.15, 0.2) is 0 Å². The molecule has 0 N–H and O–H groups in total. The minimum Gasteiger partial charge on any atom is -0.496 e. The molecule has 0 spiro atoms. The van der Waals surface area contributed by atoms with Gasteiger partial charge in [0.1, 0.15) is 17.4 Å². The van der Waals surface area contributed by atoms with Crippen molar-refractivity contribution in [3.05, 3.63) is 27.7 Å². The number of ether oxygens (including phenoxy) is 2. The lowest BCUT2D eigenvalue weighted by molar-refractivity contribution is -0.145. The number of carbonyl (C=O) groups is 2. The van der Waals surface area contributed by atoms with Crippen molar-refractivity contribution in [1.82, 2.24) is 14.4 Å². The molecular weight excluding hydrogens is 362 g/mol. The maximum atomic E-state index is 13.5. The van der Waals surface area contributed by atoms with Crippen molar-refractivity contribution in [2.24, 2.45) is 0 Å². The number of methoxy groups -OCH3 is 2. The zero-order chi connectivity index (χ0) is 20.3. The summed E-state index contributed by atoms with van der Waals surface area (Å²) in [5, 5.41) is 0. The van der Waals surface area contributed by atoms with Crippen LogP contribution in [0.25, 0.3) is 0 Å². The molecule has 154 valence electrons. The quantitative estimate of drug-likeness (QED) is 0.694. The van der Waals surface area contributed by atoms with E-state index in [1.54, 1.807) is 9.47 Å². The van der Waals surface area contributed by atoms with Gasteiger partial charge in [0.05, 0.1) is 14.2 Å². The minimum absolute atomic E-state index is 0.160. The zero-order valence-corrected chi connectivity index (χ0v) is 16.9. The van der Waals surface area contributed by atoms with Crippen LogP contribution >= 0.6 is 0 Å². The Hall–Kier alpha value is -2.35. The summed E-state index contributed by atoms with van der Waals surface area (Å²) in [7, 11) is 2.80. The number of likely N-dealkylation sites (tertiary alicyclic amines) is 1. The van der Waals surface area contributed by atoms with Gasteiger partial charge in [-0.3, -0.25) is 9.59 Å². The fourth-order valence-electron chi connectivity index (χ4n) is 4.26. The van der Waals surface area contributed by atoms with E-state index in [9.17, 15) is 14.4 Å². The molecule has 1 amide bonds. The van der Waals surface area contributed by atoms with Crippen molar-refractivity contribution >= 4 is 11.9 Å². The van der Waals surface area contributed by atoms with Gasteiger partial charge in [0, 0.05) is 44.4 Å². The Balaban J connectivity index is 2.02. The van der Waals surface area contributed by atoms with Crippen LogP contribution in [0.4, 0.5) is 0 Å². The molecule has 0 radical (unpaired) electrons. The second kappa shape index (κ2) is 8.77. The lowest BCUT2D eigenvalue weighted by Crippen LogP contribution is -2.42. The summed E-state index contributed by atoms with van der Waals surface area (Å²) < 4.78 is 12.0. The monoisotopic (exact) mass is 391 g/mol. The number of pyridine rings is 1. The molecule has 8 heteroatoms. The molecule has 28 heavy (non-hydrogen) atoms. The van der Waals surface area contributed by atoms with Crippen LogP contribution in [-0.2, 0) is 22.5 Å². The molecule has 0 unspecified atom stereocenters. The van der Waals surface area contributed by atoms with E-state index < -0.39 is 12.0 Å². The largest absolute Gasteiger partial charge is 0.496 e. The molecule has 1 aromatic rings. The molecule has 0 aromatic carbocycles. The highest BCUT2D eigenvalue weighted by Crippen LogP contribution is 2.28. The topological polar surface area (TPSA) is 81.1 Å². The summed E-state index contributed by atoms with van der Waals surface area (Å²) in [6.07, 6.45) is 2.95. The number of rotatable bonds is 5. The van der Waals surface area contributed by atoms with Gasteiger partial charge in [-0.2, -0.15) is 0 Å². The van der Waals surface area contributed by atoms with E-state index in [1.165, 1.54) is 20.3 Å². The first-order valence-electron chi connectivity index (χ1n) is 9.93. The molecule has 2 aliphatic rings. The fourth-order valence-corrected chi connectivity index (χ4v) is 4.26. The summed E-state index contributed by atoms with van der Waals surface area (Å²) in [5.41, 5.74) is 0.937. The van der Waals surface area contributed by atoms with Crippen molar-refractivity contribution < 1.29 is 19.1 Å². The zero-order valence-electron chi connectivity index (χ0n) is 16.9. The lowest BCUT2D eigenvalue weighted by Gasteiger charge is -2.25. The van der Waals surface area contributed by atoms with Crippen LogP contribution in [0.1, 0.15) is 42.2 Å². The SMILES string of the molecule is CCCN1CCc2c(C(=O)N3CCC[C@H]3C(=O)OC)c(OC)cc(=O)n2CC1. The van der Waals surface area contributed by atoms with Crippen LogP contribution in [0.3, 0.4) is 0 Å². The molecule has 1 fully saturated rings. The molecule has 8 nitrogen and oxygen atoms in total. The van der Waals surface area contributed by atoms with Crippen LogP contribution in [0, 0.1) is 0 Å². The molecule has 1 aromatic heterocycles. The molecule has 1 saturated heterocycles. The summed E-state index contributed by atoms with van der Waals surface area (Å²) in [6.45, 7) is 5.67. The summed E-state index contributed by atoms with van der Waals surface area (Å²) in [5.74, 6) is -0.392. The predicted molar refractivity (Wildman–Crippen MR) is 104 cm³/mol. The normalized spacial score (nSPS) is 19.8. The van der Waals surface area contributed by atoms with E-state index in [-0.39, 0.29) is 17.2 Å². The maximum Gasteiger partial charge on any atom is 0.328 e. The summed E-state index contributed by atoms with van der Waals surface area (Å²) in [6, 6.07) is 0.798. The molecule has 0 aliphatic carbocycles. The van der Waals surface area contributed by atoms with Gasteiger partial charge in [-0.15, -0.1) is 0 Å². The van der Waals surface area contributed by atoms with Crippen LogP contribution in [0.5, 0.6) is 5.75 Å². The molecule has 3 rings (SSSR count). The van der Waals surface area contributed by atoms with E-state index >= 15 is 0 Å². The molecule has 1 atom stereocenters. The lowest BCUT2D eigenvalue weighted by atomic mass is 10.1. The van der Waals surface area contributed by atoms with Crippen LogP contribution in [0.2, 0.25) is 0 Å². The fraction of sp³-hybridized carbons (Fsp3) is 0.650. The van der Waals surface area contributed by atoms with Crippen molar-refractivity contribution in [1.29, 1.82) is 0 Å². The Kier molecular flexibility index (Phi) is 6.39. The Morgan fingerprint density at radius 1 is 1.18 bits per heavy atom. The van der Waals surface area contributed by atoms with E-state index in [0.717, 1.165) is 32.5 Å². The van der Waals surface area contributed by atoms with Crippen molar-refractivity contribution in [3.8, 4) is 5.75 Å². The Bertz CT molecular complexity index is 804. The van der Waals surface area contributed by atoms with Crippen LogP contribution in [0.15, 0.2) is 10.9 Å². The molecule has 3 heterocycles. The first kappa shape index (κ1) is 20.4. The summed E-state index contributed by atoms with van der Waals surface area (Å²) in [4.78, 5) is 42.1. The second-order valence-corrected chi connectivity index (χ2v) is 7.30.